The predicted molar refractivity (Wildman–Crippen MR) is 78.1 cm³/mol. The van der Waals surface area contributed by atoms with Gasteiger partial charge in [0, 0.05) is 15.6 Å². The van der Waals surface area contributed by atoms with Gasteiger partial charge < -0.3 is 0 Å². The number of benzene rings is 2. The van der Waals surface area contributed by atoms with Crippen LogP contribution in [0.15, 0.2) is 46.9 Å². The molecule has 18 heavy (non-hydrogen) atoms. The maximum absolute atomic E-state index is 10.7. The number of nitrogens with zero attached hydrogens (tertiary/aromatic N) is 1. The maximum atomic E-state index is 10.7. The van der Waals surface area contributed by atoms with Crippen molar-refractivity contribution < 1.29 is 4.79 Å². The first kappa shape index (κ1) is 11.6. The van der Waals surface area contributed by atoms with E-state index in [9.17, 15) is 4.79 Å². The third kappa shape index (κ3) is 2.09. The fraction of sp³-hybridized carbons (Fsp3) is 0. The zero-order chi connectivity index (χ0) is 12.5. The van der Waals surface area contributed by atoms with Crippen LogP contribution in [0.25, 0.3) is 20.8 Å². The van der Waals surface area contributed by atoms with Crippen LogP contribution >= 0.6 is 27.3 Å². The van der Waals surface area contributed by atoms with Crippen molar-refractivity contribution in [3.05, 3.63) is 52.5 Å². The minimum atomic E-state index is 0.688. The van der Waals surface area contributed by atoms with Gasteiger partial charge in [0.25, 0.3) is 0 Å². The minimum Gasteiger partial charge on any atom is -0.298 e. The van der Waals surface area contributed by atoms with Gasteiger partial charge in [-0.3, -0.25) is 4.79 Å². The molecule has 0 aliphatic heterocycles. The molecule has 3 rings (SSSR count). The molecule has 0 N–H and O–H groups in total. The van der Waals surface area contributed by atoms with Crippen LogP contribution in [0, 0.1) is 0 Å². The van der Waals surface area contributed by atoms with Crippen LogP contribution in [0.2, 0.25) is 0 Å². The standard InChI is InChI=1S/C14H8BrNOS/c15-11-4-2-10(3-5-11)14-16-12-6-1-9(8-17)7-13(12)18-14/h1-8H. The van der Waals surface area contributed by atoms with Crippen molar-refractivity contribution in [1.82, 2.24) is 4.98 Å². The van der Waals surface area contributed by atoms with E-state index in [0.717, 1.165) is 31.5 Å². The normalized spacial score (nSPS) is 10.7. The van der Waals surface area contributed by atoms with E-state index in [1.165, 1.54) is 0 Å². The van der Waals surface area contributed by atoms with E-state index in [4.69, 9.17) is 0 Å². The second-order valence-electron chi connectivity index (χ2n) is 3.87. The van der Waals surface area contributed by atoms with Crippen LogP contribution < -0.4 is 0 Å². The van der Waals surface area contributed by atoms with Crippen molar-refractivity contribution >= 4 is 43.8 Å². The molecule has 0 saturated heterocycles. The van der Waals surface area contributed by atoms with Gasteiger partial charge in [0.15, 0.2) is 0 Å². The van der Waals surface area contributed by atoms with Crippen LogP contribution in [0.1, 0.15) is 10.4 Å². The van der Waals surface area contributed by atoms with Crippen molar-refractivity contribution in [2.24, 2.45) is 0 Å². The number of rotatable bonds is 2. The number of carbonyl (C=O) groups excluding carboxylic acids is 1. The third-order valence-corrected chi connectivity index (χ3v) is 4.24. The van der Waals surface area contributed by atoms with Gasteiger partial charge in [0.05, 0.1) is 10.2 Å². The van der Waals surface area contributed by atoms with Crippen LogP contribution in [0.4, 0.5) is 0 Å². The second kappa shape index (κ2) is 4.63. The Morgan fingerprint density at radius 1 is 1.11 bits per heavy atom. The Hall–Kier alpha value is -1.52. The molecule has 0 aliphatic rings. The summed E-state index contributed by atoms with van der Waals surface area (Å²) in [5.41, 5.74) is 2.71. The summed E-state index contributed by atoms with van der Waals surface area (Å²) in [6.07, 6.45) is 0.860. The van der Waals surface area contributed by atoms with Gasteiger partial charge in [-0.05, 0) is 30.3 Å². The number of aromatic nitrogens is 1. The number of thiazole rings is 1. The molecule has 0 atom stereocenters. The Balaban J connectivity index is 2.12. The zero-order valence-electron chi connectivity index (χ0n) is 9.26. The summed E-state index contributed by atoms with van der Waals surface area (Å²) in [6.45, 7) is 0. The molecule has 0 fully saturated rings. The molecule has 1 heterocycles. The Bertz CT molecular complexity index is 718. The molecule has 0 unspecified atom stereocenters. The highest BCUT2D eigenvalue weighted by molar-refractivity contribution is 9.10. The molecule has 0 saturated carbocycles. The lowest BCUT2D eigenvalue weighted by molar-refractivity contribution is 0.112. The lowest BCUT2D eigenvalue weighted by atomic mass is 10.2. The number of carbonyl (C=O) groups is 1. The largest absolute Gasteiger partial charge is 0.298 e. The van der Waals surface area contributed by atoms with Crippen LogP contribution in [-0.4, -0.2) is 11.3 Å². The van der Waals surface area contributed by atoms with Gasteiger partial charge in [-0.25, -0.2) is 4.98 Å². The van der Waals surface area contributed by atoms with E-state index in [-0.39, 0.29) is 0 Å². The number of hydrogen-bond acceptors (Lipinski definition) is 3. The molecule has 88 valence electrons. The average molecular weight is 318 g/mol. The first-order valence-corrected chi connectivity index (χ1v) is 6.99. The number of halogens is 1. The van der Waals surface area contributed by atoms with Crippen molar-refractivity contribution in [3.63, 3.8) is 0 Å². The molecule has 2 nitrogen and oxygen atoms in total. The topological polar surface area (TPSA) is 30.0 Å². The Morgan fingerprint density at radius 3 is 2.61 bits per heavy atom. The Labute approximate surface area is 116 Å². The Kier molecular flexibility index (Phi) is 2.97. The van der Waals surface area contributed by atoms with Crippen LogP contribution in [0.3, 0.4) is 0 Å². The summed E-state index contributed by atoms with van der Waals surface area (Å²) in [4.78, 5) is 15.3. The molecule has 0 bridgehead atoms. The molecule has 3 aromatic rings. The fourth-order valence-electron chi connectivity index (χ4n) is 1.73. The van der Waals surface area contributed by atoms with Gasteiger partial charge in [-0.2, -0.15) is 0 Å². The molecule has 0 radical (unpaired) electrons. The summed E-state index contributed by atoms with van der Waals surface area (Å²) in [5.74, 6) is 0. The lowest BCUT2D eigenvalue weighted by Gasteiger charge is -1.94. The molecule has 0 aliphatic carbocycles. The van der Waals surface area contributed by atoms with E-state index in [1.54, 1.807) is 17.4 Å². The molecule has 0 amide bonds. The molecule has 2 aromatic carbocycles. The highest BCUT2D eigenvalue weighted by Crippen LogP contribution is 2.31. The molecular formula is C14H8BrNOS. The summed E-state index contributed by atoms with van der Waals surface area (Å²) >= 11 is 5.02. The highest BCUT2D eigenvalue weighted by atomic mass is 79.9. The summed E-state index contributed by atoms with van der Waals surface area (Å²) in [5, 5.41) is 0.973. The monoisotopic (exact) mass is 317 g/mol. The van der Waals surface area contributed by atoms with E-state index in [0.29, 0.717) is 5.56 Å². The molecule has 0 spiro atoms. The zero-order valence-corrected chi connectivity index (χ0v) is 11.7. The van der Waals surface area contributed by atoms with Crippen LogP contribution in [0.5, 0.6) is 0 Å². The van der Waals surface area contributed by atoms with E-state index < -0.39 is 0 Å². The van der Waals surface area contributed by atoms with Gasteiger partial charge in [-0.15, -0.1) is 11.3 Å². The Morgan fingerprint density at radius 2 is 1.89 bits per heavy atom. The van der Waals surface area contributed by atoms with Gasteiger partial charge in [0.2, 0.25) is 0 Å². The predicted octanol–water partition coefficient (Wildman–Crippen LogP) is 4.54. The summed E-state index contributed by atoms with van der Waals surface area (Å²) in [7, 11) is 0. The minimum absolute atomic E-state index is 0.688. The first-order chi connectivity index (χ1) is 8.76. The molecule has 4 heteroatoms. The quantitative estimate of drug-likeness (QED) is 0.649. The average Bonchev–Trinajstić information content (AvgIpc) is 2.82. The van der Waals surface area contributed by atoms with Gasteiger partial charge in [-0.1, -0.05) is 28.1 Å². The smallest absolute Gasteiger partial charge is 0.150 e. The number of aldehydes is 1. The molecule has 1 aromatic heterocycles. The van der Waals surface area contributed by atoms with E-state index >= 15 is 0 Å². The van der Waals surface area contributed by atoms with Crippen LogP contribution in [-0.2, 0) is 0 Å². The third-order valence-electron chi connectivity index (χ3n) is 2.64. The lowest BCUT2D eigenvalue weighted by Crippen LogP contribution is -1.77. The fourth-order valence-corrected chi connectivity index (χ4v) is 3.01. The number of fused-ring (bicyclic) bond motifs is 1. The van der Waals surface area contributed by atoms with Crippen molar-refractivity contribution in [2.75, 3.05) is 0 Å². The van der Waals surface area contributed by atoms with Crippen molar-refractivity contribution in [2.45, 2.75) is 0 Å². The maximum Gasteiger partial charge on any atom is 0.150 e. The van der Waals surface area contributed by atoms with Crippen molar-refractivity contribution in [3.8, 4) is 10.6 Å². The van der Waals surface area contributed by atoms with Gasteiger partial charge >= 0.3 is 0 Å². The SMILES string of the molecule is O=Cc1ccc2nc(-c3ccc(Br)cc3)sc2c1. The van der Waals surface area contributed by atoms with E-state index in [1.807, 2.05) is 36.4 Å². The summed E-state index contributed by atoms with van der Waals surface area (Å²) in [6, 6.07) is 13.6. The van der Waals surface area contributed by atoms with E-state index in [2.05, 4.69) is 20.9 Å². The number of hydrogen-bond donors (Lipinski definition) is 0. The van der Waals surface area contributed by atoms with Crippen molar-refractivity contribution in [1.29, 1.82) is 0 Å². The first-order valence-electron chi connectivity index (χ1n) is 5.38. The molecular weight excluding hydrogens is 310 g/mol. The van der Waals surface area contributed by atoms with Gasteiger partial charge in [0.1, 0.15) is 11.3 Å². The highest BCUT2D eigenvalue weighted by Gasteiger charge is 2.06. The second-order valence-corrected chi connectivity index (χ2v) is 5.82. The summed E-state index contributed by atoms with van der Waals surface area (Å²) < 4.78 is 2.09.